The topological polar surface area (TPSA) is 29.0 Å². The Morgan fingerprint density at radius 3 is 2.69 bits per heavy atom. The first-order valence-electron chi connectivity index (χ1n) is 5.83. The maximum atomic E-state index is 6.04. The quantitative estimate of drug-likeness (QED) is 0.757. The molecule has 0 N–H and O–H groups in total. The predicted octanol–water partition coefficient (Wildman–Crippen LogP) is 3.06. The Labute approximate surface area is 102 Å². The van der Waals surface area contributed by atoms with Crippen molar-refractivity contribution >= 4 is 17.4 Å². The van der Waals surface area contributed by atoms with E-state index in [1.807, 2.05) is 6.92 Å². The molecule has 1 aliphatic carbocycles. The molecule has 88 valence electrons. The molecule has 0 saturated heterocycles. The highest BCUT2D eigenvalue weighted by atomic mass is 35.5. The normalized spacial score (nSPS) is 15.6. The molecule has 1 aliphatic rings. The summed E-state index contributed by atoms with van der Waals surface area (Å²) in [6, 6.07) is 0.449. The fourth-order valence-electron chi connectivity index (χ4n) is 1.83. The van der Waals surface area contributed by atoms with Crippen LogP contribution in [-0.4, -0.2) is 22.6 Å². The Bertz CT molecular complexity index is 375. The van der Waals surface area contributed by atoms with Gasteiger partial charge in [0.25, 0.3) is 0 Å². The van der Waals surface area contributed by atoms with E-state index in [2.05, 4.69) is 28.7 Å². The molecule has 1 heterocycles. The third-order valence-corrected chi connectivity index (χ3v) is 3.42. The number of hydrogen-bond acceptors (Lipinski definition) is 3. The maximum absolute atomic E-state index is 6.04. The average molecular weight is 240 g/mol. The molecule has 0 aliphatic heterocycles. The molecule has 1 saturated carbocycles. The van der Waals surface area contributed by atoms with Crippen LogP contribution in [0.4, 0.5) is 5.82 Å². The van der Waals surface area contributed by atoms with E-state index in [1.165, 1.54) is 12.8 Å². The Kier molecular flexibility index (Phi) is 3.33. The van der Waals surface area contributed by atoms with Crippen molar-refractivity contribution in [2.45, 2.75) is 39.7 Å². The van der Waals surface area contributed by atoms with Gasteiger partial charge in [-0.15, -0.1) is 0 Å². The summed E-state index contributed by atoms with van der Waals surface area (Å²) < 4.78 is 0. The van der Waals surface area contributed by atoms with Gasteiger partial charge in [-0.25, -0.2) is 9.97 Å². The summed E-state index contributed by atoms with van der Waals surface area (Å²) in [4.78, 5) is 10.7. The van der Waals surface area contributed by atoms with E-state index in [1.54, 1.807) is 6.33 Å². The number of hydrogen-bond donors (Lipinski definition) is 0. The number of aromatic nitrogens is 2. The van der Waals surface area contributed by atoms with Crippen LogP contribution < -0.4 is 4.90 Å². The van der Waals surface area contributed by atoms with Gasteiger partial charge >= 0.3 is 0 Å². The van der Waals surface area contributed by atoms with Crippen molar-refractivity contribution < 1.29 is 0 Å². The SMILES string of the molecule is Cc1c(Cl)ncnc1N(CC1CC1)C(C)C. The second-order valence-corrected chi connectivity index (χ2v) is 5.16. The number of halogens is 1. The molecule has 4 heteroatoms. The minimum atomic E-state index is 0.449. The number of nitrogens with zero attached hydrogens (tertiary/aromatic N) is 3. The second kappa shape index (κ2) is 4.58. The first-order chi connectivity index (χ1) is 7.59. The molecule has 2 rings (SSSR count). The maximum Gasteiger partial charge on any atom is 0.137 e. The summed E-state index contributed by atoms with van der Waals surface area (Å²) >= 11 is 6.04. The summed E-state index contributed by atoms with van der Waals surface area (Å²) in [7, 11) is 0. The van der Waals surface area contributed by atoms with Gasteiger partial charge in [-0.2, -0.15) is 0 Å². The fourth-order valence-corrected chi connectivity index (χ4v) is 1.96. The molecule has 1 aromatic heterocycles. The van der Waals surface area contributed by atoms with Crippen LogP contribution in [-0.2, 0) is 0 Å². The van der Waals surface area contributed by atoms with Crippen LogP contribution in [0.25, 0.3) is 0 Å². The molecule has 0 aromatic carbocycles. The van der Waals surface area contributed by atoms with Crippen molar-refractivity contribution in [1.29, 1.82) is 0 Å². The lowest BCUT2D eigenvalue weighted by atomic mass is 10.2. The third kappa shape index (κ3) is 2.46. The Balaban J connectivity index is 2.26. The van der Waals surface area contributed by atoms with Crippen LogP contribution in [0.3, 0.4) is 0 Å². The molecule has 0 radical (unpaired) electrons. The van der Waals surface area contributed by atoms with Gasteiger partial charge in [0.2, 0.25) is 0 Å². The summed E-state index contributed by atoms with van der Waals surface area (Å²) in [5, 5.41) is 0.562. The van der Waals surface area contributed by atoms with Gasteiger partial charge in [0.15, 0.2) is 0 Å². The Morgan fingerprint density at radius 2 is 2.12 bits per heavy atom. The molecule has 0 atom stereocenters. The standard InChI is InChI=1S/C12H18ClN3/c1-8(2)16(6-10-4-5-10)12-9(3)11(13)14-7-15-12/h7-8,10H,4-6H2,1-3H3. The van der Waals surface area contributed by atoms with Gasteiger partial charge in [-0.3, -0.25) is 0 Å². The second-order valence-electron chi connectivity index (χ2n) is 4.80. The van der Waals surface area contributed by atoms with Crippen LogP contribution in [0.1, 0.15) is 32.3 Å². The highest BCUT2D eigenvalue weighted by molar-refractivity contribution is 6.30. The molecule has 16 heavy (non-hydrogen) atoms. The highest BCUT2D eigenvalue weighted by Crippen LogP contribution is 2.33. The summed E-state index contributed by atoms with van der Waals surface area (Å²) in [6.07, 6.45) is 4.25. The summed E-state index contributed by atoms with van der Waals surface area (Å²) in [5.41, 5.74) is 0.985. The van der Waals surface area contributed by atoms with Crippen LogP contribution >= 0.6 is 11.6 Å². The molecule has 0 bridgehead atoms. The average Bonchev–Trinajstić information content (AvgIpc) is 3.03. The van der Waals surface area contributed by atoms with E-state index in [-0.39, 0.29) is 0 Å². The zero-order valence-corrected chi connectivity index (χ0v) is 10.8. The van der Waals surface area contributed by atoms with Crippen molar-refractivity contribution in [2.24, 2.45) is 5.92 Å². The molecular formula is C12H18ClN3. The van der Waals surface area contributed by atoms with Crippen LogP contribution in [0.15, 0.2) is 6.33 Å². The number of anilines is 1. The Morgan fingerprint density at radius 1 is 1.44 bits per heavy atom. The smallest absolute Gasteiger partial charge is 0.137 e. The van der Waals surface area contributed by atoms with Crippen molar-refractivity contribution in [3.63, 3.8) is 0 Å². The van der Waals surface area contributed by atoms with Crippen LogP contribution in [0.5, 0.6) is 0 Å². The van der Waals surface area contributed by atoms with Gasteiger partial charge in [0.1, 0.15) is 17.3 Å². The van der Waals surface area contributed by atoms with E-state index >= 15 is 0 Å². The van der Waals surface area contributed by atoms with E-state index in [0.717, 1.165) is 23.8 Å². The predicted molar refractivity (Wildman–Crippen MR) is 67.0 cm³/mol. The lowest BCUT2D eigenvalue weighted by Crippen LogP contribution is -2.34. The van der Waals surface area contributed by atoms with Crippen molar-refractivity contribution in [1.82, 2.24) is 9.97 Å². The first-order valence-corrected chi connectivity index (χ1v) is 6.21. The van der Waals surface area contributed by atoms with Crippen molar-refractivity contribution in [3.05, 3.63) is 17.0 Å². The zero-order valence-electron chi connectivity index (χ0n) is 10.1. The molecule has 0 spiro atoms. The molecular weight excluding hydrogens is 222 g/mol. The fraction of sp³-hybridized carbons (Fsp3) is 0.667. The molecule has 1 aromatic rings. The minimum Gasteiger partial charge on any atom is -0.354 e. The summed E-state index contributed by atoms with van der Waals surface area (Å²) in [6.45, 7) is 7.46. The minimum absolute atomic E-state index is 0.449. The monoisotopic (exact) mass is 239 g/mol. The third-order valence-electron chi connectivity index (χ3n) is 3.04. The Hall–Kier alpha value is -0.830. The van der Waals surface area contributed by atoms with Crippen LogP contribution in [0.2, 0.25) is 5.15 Å². The van der Waals surface area contributed by atoms with E-state index in [4.69, 9.17) is 11.6 Å². The lowest BCUT2D eigenvalue weighted by molar-refractivity contribution is 0.634. The van der Waals surface area contributed by atoms with Gasteiger partial charge < -0.3 is 4.90 Å². The first kappa shape index (κ1) is 11.6. The zero-order chi connectivity index (χ0) is 11.7. The molecule has 0 unspecified atom stereocenters. The van der Waals surface area contributed by atoms with Gasteiger partial charge in [-0.1, -0.05) is 11.6 Å². The molecule has 1 fully saturated rings. The van der Waals surface area contributed by atoms with Gasteiger partial charge in [-0.05, 0) is 39.5 Å². The highest BCUT2D eigenvalue weighted by Gasteiger charge is 2.27. The largest absolute Gasteiger partial charge is 0.354 e. The van der Waals surface area contributed by atoms with Gasteiger partial charge in [0, 0.05) is 18.2 Å². The van der Waals surface area contributed by atoms with E-state index in [9.17, 15) is 0 Å². The van der Waals surface area contributed by atoms with Crippen LogP contribution in [0, 0.1) is 12.8 Å². The number of rotatable bonds is 4. The molecule has 3 nitrogen and oxygen atoms in total. The van der Waals surface area contributed by atoms with Crippen molar-refractivity contribution in [2.75, 3.05) is 11.4 Å². The van der Waals surface area contributed by atoms with Crippen molar-refractivity contribution in [3.8, 4) is 0 Å². The lowest BCUT2D eigenvalue weighted by Gasteiger charge is -2.29. The van der Waals surface area contributed by atoms with E-state index in [0.29, 0.717) is 11.2 Å². The van der Waals surface area contributed by atoms with Gasteiger partial charge in [0.05, 0.1) is 0 Å². The molecule has 0 amide bonds. The summed E-state index contributed by atoms with van der Waals surface area (Å²) in [5.74, 6) is 1.83. The van der Waals surface area contributed by atoms with E-state index < -0.39 is 0 Å².